The first-order valence-corrected chi connectivity index (χ1v) is 7.29. The van der Waals surface area contributed by atoms with Gasteiger partial charge in [-0.05, 0) is 42.9 Å². The fourth-order valence-electron chi connectivity index (χ4n) is 1.96. The molecule has 3 nitrogen and oxygen atoms in total. The summed E-state index contributed by atoms with van der Waals surface area (Å²) in [6.07, 6.45) is 5.35. The van der Waals surface area contributed by atoms with Gasteiger partial charge in [0.15, 0.2) is 11.5 Å². The van der Waals surface area contributed by atoms with E-state index in [1.807, 2.05) is 6.07 Å². The summed E-state index contributed by atoms with van der Waals surface area (Å²) < 4.78 is 16.1. The molecule has 0 N–H and O–H groups in total. The van der Waals surface area contributed by atoms with E-state index < -0.39 is 0 Å². The predicted octanol–water partition coefficient (Wildman–Crippen LogP) is 3.90. The Balaban J connectivity index is 2.55. The number of hydrogen-bond acceptors (Lipinski definition) is 3. The predicted molar refractivity (Wildman–Crippen MR) is 82.4 cm³/mol. The van der Waals surface area contributed by atoms with Crippen LogP contribution in [0.1, 0.15) is 32.3 Å². The van der Waals surface area contributed by atoms with Crippen molar-refractivity contribution in [2.75, 3.05) is 27.4 Å². The lowest BCUT2D eigenvalue weighted by molar-refractivity contribution is 0.170. The van der Waals surface area contributed by atoms with Crippen molar-refractivity contribution in [2.45, 2.75) is 33.1 Å². The van der Waals surface area contributed by atoms with Gasteiger partial charge in [-0.15, -0.1) is 0 Å². The van der Waals surface area contributed by atoms with Crippen molar-refractivity contribution in [2.24, 2.45) is 5.92 Å². The van der Waals surface area contributed by atoms with Crippen LogP contribution >= 0.6 is 0 Å². The lowest BCUT2D eigenvalue weighted by atomic mass is 10.0. The zero-order valence-corrected chi connectivity index (χ0v) is 13.1. The topological polar surface area (TPSA) is 27.7 Å². The maximum absolute atomic E-state index is 5.78. The average Bonchev–Trinajstić information content (AvgIpc) is 2.43. The van der Waals surface area contributed by atoms with Gasteiger partial charge < -0.3 is 14.2 Å². The zero-order valence-electron chi connectivity index (χ0n) is 13.1. The third-order valence-electron chi connectivity index (χ3n) is 3.05. The van der Waals surface area contributed by atoms with Crippen LogP contribution in [0.3, 0.4) is 0 Å². The SMILES string of the molecule is COCCCOc1cc(CC[CH]C(C)C)ccc1OC. The number of ether oxygens (including phenoxy) is 3. The third-order valence-corrected chi connectivity index (χ3v) is 3.05. The Morgan fingerprint density at radius 2 is 1.90 bits per heavy atom. The summed E-state index contributed by atoms with van der Waals surface area (Å²) in [7, 11) is 3.37. The Morgan fingerprint density at radius 3 is 2.55 bits per heavy atom. The second-order valence-electron chi connectivity index (χ2n) is 5.20. The molecule has 0 bridgehead atoms. The Hall–Kier alpha value is -1.22. The molecule has 0 heterocycles. The third kappa shape index (κ3) is 6.29. The summed E-state index contributed by atoms with van der Waals surface area (Å²) in [4.78, 5) is 0. The van der Waals surface area contributed by atoms with Gasteiger partial charge in [0.05, 0.1) is 13.7 Å². The normalized spacial score (nSPS) is 10.8. The van der Waals surface area contributed by atoms with E-state index >= 15 is 0 Å². The fourth-order valence-corrected chi connectivity index (χ4v) is 1.96. The van der Waals surface area contributed by atoms with Crippen molar-refractivity contribution < 1.29 is 14.2 Å². The van der Waals surface area contributed by atoms with E-state index in [4.69, 9.17) is 14.2 Å². The molecule has 3 heteroatoms. The molecule has 0 saturated heterocycles. The van der Waals surface area contributed by atoms with Crippen LogP contribution in [0.5, 0.6) is 11.5 Å². The molecule has 0 aliphatic carbocycles. The van der Waals surface area contributed by atoms with E-state index in [1.54, 1.807) is 14.2 Å². The van der Waals surface area contributed by atoms with Crippen LogP contribution in [-0.2, 0) is 11.2 Å². The van der Waals surface area contributed by atoms with Gasteiger partial charge in [-0.25, -0.2) is 0 Å². The van der Waals surface area contributed by atoms with Crippen molar-refractivity contribution >= 4 is 0 Å². The minimum atomic E-state index is 0.637. The minimum Gasteiger partial charge on any atom is -0.493 e. The molecule has 0 amide bonds. The number of benzene rings is 1. The van der Waals surface area contributed by atoms with Gasteiger partial charge in [-0.2, -0.15) is 0 Å². The van der Waals surface area contributed by atoms with Gasteiger partial charge in [-0.1, -0.05) is 19.9 Å². The molecule has 1 aromatic carbocycles. The van der Waals surface area contributed by atoms with E-state index in [9.17, 15) is 0 Å². The van der Waals surface area contributed by atoms with Crippen LogP contribution < -0.4 is 9.47 Å². The van der Waals surface area contributed by atoms with Crippen molar-refractivity contribution in [3.63, 3.8) is 0 Å². The summed E-state index contributed by atoms with van der Waals surface area (Å²) in [6.45, 7) is 5.77. The summed E-state index contributed by atoms with van der Waals surface area (Å²) in [5.41, 5.74) is 1.28. The first-order valence-electron chi connectivity index (χ1n) is 7.29. The molecule has 0 aliphatic rings. The van der Waals surface area contributed by atoms with E-state index in [1.165, 1.54) is 5.56 Å². The molecule has 1 aromatic rings. The number of rotatable bonds is 10. The van der Waals surface area contributed by atoms with Gasteiger partial charge in [0.2, 0.25) is 0 Å². The van der Waals surface area contributed by atoms with Crippen LogP contribution in [0.15, 0.2) is 18.2 Å². The monoisotopic (exact) mass is 279 g/mol. The molecule has 0 aromatic heterocycles. The average molecular weight is 279 g/mol. The van der Waals surface area contributed by atoms with Crippen LogP contribution in [0.25, 0.3) is 0 Å². The van der Waals surface area contributed by atoms with Gasteiger partial charge >= 0.3 is 0 Å². The van der Waals surface area contributed by atoms with Crippen molar-refractivity contribution in [1.82, 2.24) is 0 Å². The molecular weight excluding hydrogens is 252 g/mol. The van der Waals surface area contributed by atoms with E-state index in [-0.39, 0.29) is 0 Å². The molecule has 0 atom stereocenters. The van der Waals surface area contributed by atoms with Crippen LogP contribution in [0.4, 0.5) is 0 Å². The number of aryl methyl sites for hydroxylation is 1. The first kappa shape index (κ1) is 16.8. The fraction of sp³-hybridized carbons (Fsp3) is 0.588. The molecule has 1 rings (SSSR count). The molecule has 0 spiro atoms. The summed E-state index contributed by atoms with van der Waals surface area (Å²) in [5.74, 6) is 2.25. The van der Waals surface area contributed by atoms with Crippen LogP contribution in [0.2, 0.25) is 0 Å². The quantitative estimate of drug-likeness (QED) is 0.608. The molecule has 1 radical (unpaired) electrons. The van der Waals surface area contributed by atoms with E-state index in [0.29, 0.717) is 19.1 Å². The Bertz CT molecular complexity index is 374. The molecule has 113 valence electrons. The number of methoxy groups -OCH3 is 2. The molecule has 20 heavy (non-hydrogen) atoms. The van der Waals surface area contributed by atoms with Crippen molar-refractivity contribution in [1.29, 1.82) is 0 Å². The zero-order chi connectivity index (χ0) is 14.8. The molecule has 0 unspecified atom stereocenters. The van der Waals surface area contributed by atoms with E-state index in [2.05, 4.69) is 32.4 Å². The van der Waals surface area contributed by atoms with Crippen molar-refractivity contribution in [3.05, 3.63) is 30.2 Å². The lowest BCUT2D eigenvalue weighted by Gasteiger charge is -2.12. The largest absolute Gasteiger partial charge is 0.493 e. The Kier molecular flexibility index (Phi) is 8.12. The highest BCUT2D eigenvalue weighted by molar-refractivity contribution is 5.43. The Morgan fingerprint density at radius 1 is 1.10 bits per heavy atom. The molecular formula is C17H27O3. The molecule has 0 fully saturated rings. The van der Waals surface area contributed by atoms with E-state index in [0.717, 1.165) is 30.8 Å². The smallest absolute Gasteiger partial charge is 0.161 e. The second kappa shape index (κ2) is 9.65. The maximum atomic E-state index is 5.78. The lowest BCUT2D eigenvalue weighted by Crippen LogP contribution is -2.03. The van der Waals surface area contributed by atoms with Gasteiger partial charge in [0, 0.05) is 20.1 Å². The molecule has 0 saturated carbocycles. The van der Waals surface area contributed by atoms with Gasteiger partial charge in [0.1, 0.15) is 0 Å². The van der Waals surface area contributed by atoms with Gasteiger partial charge in [0.25, 0.3) is 0 Å². The van der Waals surface area contributed by atoms with Crippen LogP contribution in [0, 0.1) is 12.3 Å². The highest BCUT2D eigenvalue weighted by atomic mass is 16.5. The Labute approximate surface area is 123 Å². The maximum Gasteiger partial charge on any atom is 0.161 e. The summed E-state index contributed by atoms with van der Waals surface area (Å²) >= 11 is 0. The highest BCUT2D eigenvalue weighted by Crippen LogP contribution is 2.28. The summed E-state index contributed by atoms with van der Waals surface area (Å²) in [6, 6.07) is 6.17. The number of hydrogen-bond donors (Lipinski definition) is 0. The molecule has 0 aliphatic heterocycles. The van der Waals surface area contributed by atoms with Gasteiger partial charge in [-0.3, -0.25) is 0 Å². The first-order chi connectivity index (χ1) is 9.67. The minimum absolute atomic E-state index is 0.637. The standard InChI is InChI=1S/C17H27O3/c1-14(2)7-5-8-15-9-10-16(19-4)17(13-15)20-12-6-11-18-3/h7,9-10,13-14H,5-6,8,11-12H2,1-4H3. The summed E-state index contributed by atoms with van der Waals surface area (Å²) in [5, 5.41) is 0. The second-order valence-corrected chi connectivity index (χ2v) is 5.20. The van der Waals surface area contributed by atoms with Crippen molar-refractivity contribution in [3.8, 4) is 11.5 Å². The van der Waals surface area contributed by atoms with Crippen LogP contribution in [-0.4, -0.2) is 27.4 Å². The highest BCUT2D eigenvalue weighted by Gasteiger charge is 2.06.